The van der Waals surface area contributed by atoms with Crippen molar-refractivity contribution >= 4 is 24.1 Å². The Bertz CT molecular complexity index is 483. The molecule has 20 heavy (non-hydrogen) atoms. The molecule has 5 heteroatoms. The van der Waals surface area contributed by atoms with Crippen molar-refractivity contribution in [2.75, 3.05) is 0 Å². The third kappa shape index (κ3) is 4.05. The lowest BCUT2D eigenvalue weighted by Crippen LogP contribution is -2.40. The lowest BCUT2D eigenvalue weighted by atomic mass is 9.91. The van der Waals surface area contributed by atoms with Crippen LogP contribution in [-0.4, -0.2) is 23.8 Å². The zero-order chi connectivity index (χ0) is 13.8. The highest BCUT2D eigenvalue weighted by molar-refractivity contribution is 6.07. The van der Waals surface area contributed by atoms with Gasteiger partial charge in [-0.2, -0.15) is 0 Å². The topological polar surface area (TPSA) is 72.2 Å². The first-order valence-corrected chi connectivity index (χ1v) is 6.74. The van der Waals surface area contributed by atoms with E-state index in [0.29, 0.717) is 11.1 Å². The van der Waals surface area contributed by atoms with Gasteiger partial charge in [0, 0.05) is 17.6 Å². The molecular weight excluding hydrogens is 276 g/mol. The van der Waals surface area contributed by atoms with Gasteiger partial charge in [0.05, 0.1) is 5.56 Å². The van der Waals surface area contributed by atoms with E-state index in [4.69, 9.17) is 5.73 Å². The Morgan fingerprint density at radius 1 is 1.10 bits per heavy atom. The van der Waals surface area contributed by atoms with Gasteiger partial charge in [0.25, 0.3) is 5.91 Å². The molecule has 1 aliphatic carbocycles. The van der Waals surface area contributed by atoms with Crippen molar-refractivity contribution in [1.82, 2.24) is 5.32 Å². The Kier molecular flexibility index (Phi) is 6.17. The summed E-state index contributed by atoms with van der Waals surface area (Å²) < 4.78 is 0. The van der Waals surface area contributed by atoms with Crippen LogP contribution in [0.3, 0.4) is 0 Å². The third-order valence-corrected chi connectivity index (χ3v) is 3.66. The molecule has 0 bridgehead atoms. The minimum absolute atomic E-state index is 0. The molecule has 1 amide bonds. The molecule has 0 spiro atoms. The lowest BCUT2D eigenvalue weighted by molar-refractivity contribution is 0.0914. The molecule has 0 unspecified atom stereocenters. The van der Waals surface area contributed by atoms with E-state index in [1.165, 1.54) is 6.92 Å². The van der Waals surface area contributed by atoms with Crippen molar-refractivity contribution < 1.29 is 9.59 Å². The highest BCUT2D eigenvalue weighted by Crippen LogP contribution is 2.18. The number of nitrogens with two attached hydrogens (primary N) is 1. The molecule has 1 aromatic carbocycles. The number of hydrogen-bond acceptors (Lipinski definition) is 3. The van der Waals surface area contributed by atoms with Gasteiger partial charge in [0.2, 0.25) is 0 Å². The van der Waals surface area contributed by atoms with E-state index in [1.807, 2.05) is 0 Å². The summed E-state index contributed by atoms with van der Waals surface area (Å²) in [6.45, 7) is 1.48. The van der Waals surface area contributed by atoms with Crippen LogP contribution in [0, 0.1) is 0 Å². The van der Waals surface area contributed by atoms with Crippen LogP contribution in [0.25, 0.3) is 0 Å². The second kappa shape index (κ2) is 7.41. The normalized spacial score (nSPS) is 21.7. The Morgan fingerprint density at radius 2 is 1.65 bits per heavy atom. The highest BCUT2D eigenvalue weighted by Gasteiger charge is 2.22. The number of Topliss-reactive ketones (excluding diaryl/α,β-unsaturated/α-hetero) is 1. The number of nitrogens with one attached hydrogen (secondary N) is 1. The van der Waals surface area contributed by atoms with Gasteiger partial charge in [-0.3, -0.25) is 9.59 Å². The maximum Gasteiger partial charge on any atom is 0.252 e. The van der Waals surface area contributed by atoms with Crippen molar-refractivity contribution in [2.24, 2.45) is 5.73 Å². The lowest BCUT2D eigenvalue weighted by Gasteiger charge is -2.27. The molecular formula is C15H21ClN2O2. The molecule has 0 aliphatic heterocycles. The zero-order valence-corrected chi connectivity index (χ0v) is 12.4. The highest BCUT2D eigenvalue weighted by atomic mass is 35.5. The fraction of sp³-hybridized carbons (Fsp3) is 0.467. The van der Waals surface area contributed by atoms with Gasteiger partial charge in [-0.25, -0.2) is 0 Å². The summed E-state index contributed by atoms with van der Waals surface area (Å²) in [4.78, 5) is 23.7. The molecule has 1 saturated carbocycles. The Hall–Kier alpha value is -1.39. The van der Waals surface area contributed by atoms with Crippen molar-refractivity contribution in [3.63, 3.8) is 0 Å². The minimum atomic E-state index is -0.161. The van der Waals surface area contributed by atoms with Gasteiger partial charge in [-0.1, -0.05) is 18.2 Å². The van der Waals surface area contributed by atoms with Gasteiger partial charge in [-0.05, 0) is 38.7 Å². The third-order valence-electron chi connectivity index (χ3n) is 3.66. The number of rotatable bonds is 3. The number of carbonyl (C=O) groups is 2. The molecule has 1 aliphatic rings. The summed E-state index contributed by atoms with van der Waals surface area (Å²) in [5.74, 6) is -0.248. The first kappa shape index (κ1) is 16.7. The average Bonchev–Trinajstić information content (AvgIpc) is 2.41. The fourth-order valence-electron chi connectivity index (χ4n) is 2.51. The number of halogens is 1. The fourth-order valence-corrected chi connectivity index (χ4v) is 2.51. The molecule has 0 heterocycles. The number of ketones is 1. The summed E-state index contributed by atoms with van der Waals surface area (Å²) in [5.41, 5.74) is 6.79. The molecule has 1 aromatic rings. The second-order valence-electron chi connectivity index (χ2n) is 5.19. The number of hydrogen-bond donors (Lipinski definition) is 2. The smallest absolute Gasteiger partial charge is 0.252 e. The standard InChI is InChI=1S/C15H20N2O2.ClH/c1-10(18)13-4-2-3-5-14(13)15(19)17-12-8-6-11(16)7-9-12;/h2-5,11-12H,6-9,16H2,1H3,(H,17,19);1H. The predicted molar refractivity (Wildman–Crippen MR) is 81.4 cm³/mol. The Morgan fingerprint density at radius 3 is 2.20 bits per heavy atom. The molecule has 110 valence electrons. The quantitative estimate of drug-likeness (QED) is 0.841. The number of carbonyl (C=O) groups excluding carboxylic acids is 2. The van der Waals surface area contributed by atoms with Gasteiger partial charge in [-0.15, -0.1) is 12.4 Å². The van der Waals surface area contributed by atoms with E-state index in [2.05, 4.69) is 5.32 Å². The monoisotopic (exact) mass is 296 g/mol. The Labute approximate surface area is 125 Å². The van der Waals surface area contributed by atoms with E-state index >= 15 is 0 Å². The van der Waals surface area contributed by atoms with Crippen LogP contribution in [0.5, 0.6) is 0 Å². The van der Waals surface area contributed by atoms with E-state index in [-0.39, 0.29) is 36.2 Å². The van der Waals surface area contributed by atoms with Crippen LogP contribution in [0.2, 0.25) is 0 Å². The molecule has 3 N–H and O–H groups in total. The van der Waals surface area contributed by atoms with Gasteiger partial charge < -0.3 is 11.1 Å². The summed E-state index contributed by atoms with van der Waals surface area (Å²) in [6, 6.07) is 7.37. The number of benzene rings is 1. The molecule has 4 nitrogen and oxygen atoms in total. The molecule has 0 radical (unpaired) electrons. The molecule has 0 atom stereocenters. The van der Waals surface area contributed by atoms with Crippen LogP contribution in [0.15, 0.2) is 24.3 Å². The van der Waals surface area contributed by atoms with Gasteiger partial charge >= 0.3 is 0 Å². The molecule has 0 saturated heterocycles. The van der Waals surface area contributed by atoms with E-state index in [0.717, 1.165) is 25.7 Å². The minimum Gasteiger partial charge on any atom is -0.349 e. The summed E-state index contributed by atoms with van der Waals surface area (Å²) in [5, 5.41) is 3.00. The van der Waals surface area contributed by atoms with E-state index < -0.39 is 0 Å². The molecule has 0 aromatic heterocycles. The van der Waals surface area contributed by atoms with Crippen molar-refractivity contribution in [1.29, 1.82) is 0 Å². The van der Waals surface area contributed by atoms with Crippen LogP contribution in [0.1, 0.15) is 53.3 Å². The van der Waals surface area contributed by atoms with Crippen molar-refractivity contribution in [3.8, 4) is 0 Å². The second-order valence-corrected chi connectivity index (χ2v) is 5.19. The predicted octanol–water partition coefficient (Wildman–Crippen LogP) is 2.31. The van der Waals surface area contributed by atoms with Crippen LogP contribution >= 0.6 is 12.4 Å². The summed E-state index contributed by atoms with van der Waals surface area (Å²) >= 11 is 0. The number of amides is 1. The Balaban J connectivity index is 0.00000200. The SMILES string of the molecule is CC(=O)c1ccccc1C(=O)NC1CCC(N)CC1.Cl. The van der Waals surface area contributed by atoms with Crippen LogP contribution in [-0.2, 0) is 0 Å². The first-order valence-electron chi connectivity index (χ1n) is 6.74. The van der Waals surface area contributed by atoms with E-state index in [1.54, 1.807) is 24.3 Å². The van der Waals surface area contributed by atoms with Gasteiger partial charge in [0.1, 0.15) is 0 Å². The zero-order valence-electron chi connectivity index (χ0n) is 11.6. The first-order chi connectivity index (χ1) is 9.08. The molecule has 2 rings (SSSR count). The summed E-state index contributed by atoms with van der Waals surface area (Å²) in [6.07, 6.45) is 3.71. The van der Waals surface area contributed by atoms with E-state index in [9.17, 15) is 9.59 Å². The van der Waals surface area contributed by atoms with Crippen molar-refractivity contribution in [2.45, 2.75) is 44.7 Å². The van der Waals surface area contributed by atoms with Gasteiger partial charge in [0.15, 0.2) is 5.78 Å². The largest absolute Gasteiger partial charge is 0.349 e. The van der Waals surface area contributed by atoms with Crippen LogP contribution < -0.4 is 11.1 Å². The maximum atomic E-state index is 12.2. The van der Waals surface area contributed by atoms with Crippen LogP contribution in [0.4, 0.5) is 0 Å². The molecule has 1 fully saturated rings. The average molecular weight is 297 g/mol. The maximum absolute atomic E-state index is 12.2. The van der Waals surface area contributed by atoms with Crippen molar-refractivity contribution in [3.05, 3.63) is 35.4 Å². The summed E-state index contributed by atoms with van der Waals surface area (Å²) in [7, 11) is 0.